The van der Waals surface area contributed by atoms with E-state index >= 15 is 0 Å². The second kappa shape index (κ2) is 6.69. The van der Waals surface area contributed by atoms with Crippen LogP contribution in [0.5, 0.6) is 0 Å². The van der Waals surface area contributed by atoms with E-state index in [1.165, 1.54) is 0 Å². The highest BCUT2D eigenvalue weighted by molar-refractivity contribution is 5.67. The van der Waals surface area contributed by atoms with Crippen LogP contribution in [0.25, 0.3) is 0 Å². The first-order chi connectivity index (χ1) is 9.94. The van der Waals surface area contributed by atoms with E-state index in [1.54, 1.807) is 4.68 Å². The van der Waals surface area contributed by atoms with Crippen molar-refractivity contribution in [2.75, 3.05) is 13.1 Å². The molecule has 0 fully saturated rings. The molecule has 0 aliphatic carbocycles. The van der Waals surface area contributed by atoms with Crippen molar-refractivity contribution in [2.24, 2.45) is 12.8 Å². The van der Waals surface area contributed by atoms with Gasteiger partial charge in [0.1, 0.15) is 5.60 Å². The molecule has 0 aliphatic rings. The van der Waals surface area contributed by atoms with Crippen LogP contribution >= 0.6 is 0 Å². The molecule has 1 unspecified atom stereocenters. The van der Waals surface area contributed by atoms with Gasteiger partial charge in [0.05, 0.1) is 5.69 Å². The summed E-state index contributed by atoms with van der Waals surface area (Å²) in [6, 6.07) is 0. The van der Waals surface area contributed by atoms with Crippen LogP contribution in [-0.4, -0.2) is 34.6 Å². The average Bonchev–Trinajstić information content (AvgIpc) is 2.69. The van der Waals surface area contributed by atoms with E-state index in [0.717, 1.165) is 11.3 Å². The molecule has 1 aromatic rings. The molecule has 0 saturated carbocycles. The van der Waals surface area contributed by atoms with Gasteiger partial charge in [0.15, 0.2) is 0 Å². The monoisotopic (exact) mass is 310 g/mol. The molecule has 22 heavy (non-hydrogen) atoms. The van der Waals surface area contributed by atoms with Gasteiger partial charge in [-0.05, 0) is 26.3 Å². The first-order valence-corrected chi connectivity index (χ1v) is 7.65. The molecule has 0 aliphatic heterocycles. The van der Waals surface area contributed by atoms with Gasteiger partial charge in [-0.2, -0.15) is 5.10 Å². The van der Waals surface area contributed by atoms with Crippen molar-refractivity contribution in [1.82, 2.24) is 15.1 Å². The summed E-state index contributed by atoms with van der Waals surface area (Å²) >= 11 is 0. The smallest absolute Gasteiger partial charge is 0.407 e. The molecule has 0 bridgehead atoms. The van der Waals surface area contributed by atoms with Crippen LogP contribution in [0.2, 0.25) is 0 Å². The lowest BCUT2D eigenvalue weighted by Gasteiger charge is -2.23. The third-order valence-electron chi connectivity index (χ3n) is 3.18. The minimum absolute atomic E-state index is 0.00967. The van der Waals surface area contributed by atoms with Crippen molar-refractivity contribution < 1.29 is 9.53 Å². The van der Waals surface area contributed by atoms with Crippen molar-refractivity contribution in [3.8, 4) is 0 Å². The fraction of sp³-hybridized carbons (Fsp3) is 0.750. The summed E-state index contributed by atoms with van der Waals surface area (Å²) in [6.07, 6.45) is 1.56. The quantitative estimate of drug-likeness (QED) is 0.894. The van der Waals surface area contributed by atoms with E-state index in [9.17, 15) is 4.79 Å². The van der Waals surface area contributed by atoms with Crippen LogP contribution < -0.4 is 11.1 Å². The number of aryl methyl sites for hydroxylation is 1. The van der Waals surface area contributed by atoms with E-state index in [0.29, 0.717) is 13.1 Å². The zero-order valence-electron chi connectivity index (χ0n) is 14.9. The minimum Gasteiger partial charge on any atom is -0.444 e. The summed E-state index contributed by atoms with van der Waals surface area (Å²) in [5.74, 6) is 0.00967. The van der Waals surface area contributed by atoms with Gasteiger partial charge in [0, 0.05) is 37.7 Å². The molecule has 1 atom stereocenters. The van der Waals surface area contributed by atoms with Crippen molar-refractivity contribution >= 4 is 6.09 Å². The second-order valence-corrected chi connectivity index (χ2v) is 7.67. The van der Waals surface area contributed by atoms with E-state index in [-0.39, 0.29) is 11.3 Å². The molecule has 0 radical (unpaired) electrons. The van der Waals surface area contributed by atoms with Gasteiger partial charge in [-0.15, -0.1) is 0 Å². The molecule has 1 heterocycles. The minimum atomic E-state index is -0.507. The number of nitrogens with two attached hydrogens (primary N) is 1. The molecular weight excluding hydrogens is 280 g/mol. The van der Waals surface area contributed by atoms with E-state index < -0.39 is 11.7 Å². The third kappa shape index (κ3) is 5.33. The highest BCUT2D eigenvalue weighted by atomic mass is 16.6. The van der Waals surface area contributed by atoms with Crippen LogP contribution in [0.4, 0.5) is 4.79 Å². The first kappa shape index (κ1) is 18.5. The highest BCUT2D eigenvalue weighted by Gasteiger charge is 2.26. The predicted octanol–water partition coefficient (Wildman–Crippen LogP) is 2.28. The number of ether oxygens (including phenoxy) is 1. The van der Waals surface area contributed by atoms with Crippen LogP contribution in [0, 0.1) is 0 Å². The largest absolute Gasteiger partial charge is 0.444 e. The predicted molar refractivity (Wildman–Crippen MR) is 87.9 cm³/mol. The number of hydrogen-bond donors (Lipinski definition) is 2. The van der Waals surface area contributed by atoms with Gasteiger partial charge < -0.3 is 15.8 Å². The number of alkyl carbamates (subject to hydrolysis) is 1. The Morgan fingerprint density at radius 1 is 1.36 bits per heavy atom. The molecule has 0 aromatic carbocycles. The summed E-state index contributed by atoms with van der Waals surface area (Å²) < 4.78 is 7.06. The molecule has 3 N–H and O–H groups in total. The molecule has 1 rings (SSSR count). The van der Waals surface area contributed by atoms with Gasteiger partial charge in [-0.3, -0.25) is 4.68 Å². The Hall–Kier alpha value is -1.56. The summed E-state index contributed by atoms with van der Waals surface area (Å²) in [5.41, 5.74) is 7.42. The standard InChI is InChI=1S/C16H30N4O2/c1-15(2,3)13-12(10-20(7)19-13)11(8-17)9-18-14(21)22-16(4,5)6/h10-11H,8-9,17H2,1-7H3,(H,18,21). The van der Waals surface area contributed by atoms with Gasteiger partial charge in [-0.1, -0.05) is 20.8 Å². The van der Waals surface area contributed by atoms with E-state index in [4.69, 9.17) is 10.5 Å². The van der Waals surface area contributed by atoms with Gasteiger partial charge in [0.2, 0.25) is 0 Å². The topological polar surface area (TPSA) is 82.2 Å². The molecule has 6 heteroatoms. The lowest BCUT2D eigenvalue weighted by atomic mass is 9.85. The molecule has 126 valence electrons. The molecule has 1 aromatic heterocycles. The molecule has 0 saturated heterocycles. The van der Waals surface area contributed by atoms with Crippen LogP contribution in [0.3, 0.4) is 0 Å². The summed E-state index contributed by atoms with van der Waals surface area (Å²) in [7, 11) is 1.90. The normalized spacial score (nSPS) is 13.8. The maximum Gasteiger partial charge on any atom is 0.407 e. The Bertz CT molecular complexity index is 509. The van der Waals surface area contributed by atoms with E-state index in [1.807, 2.05) is 34.0 Å². The Morgan fingerprint density at radius 3 is 2.41 bits per heavy atom. The lowest BCUT2D eigenvalue weighted by Crippen LogP contribution is -2.36. The number of carbonyl (C=O) groups is 1. The summed E-state index contributed by atoms with van der Waals surface area (Å²) in [6.45, 7) is 12.7. The van der Waals surface area contributed by atoms with Gasteiger partial charge in [0.25, 0.3) is 0 Å². The Morgan fingerprint density at radius 2 is 1.95 bits per heavy atom. The number of nitrogens with zero attached hydrogens (tertiary/aromatic N) is 2. The van der Waals surface area contributed by atoms with Crippen LogP contribution in [-0.2, 0) is 17.2 Å². The number of amides is 1. The zero-order valence-corrected chi connectivity index (χ0v) is 14.9. The Labute approximate surface area is 133 Å². The number of aromatic nitrogens is 2. The molecular formula is C16H30N4O2. The van der Waals surface area contributed by atoms with E-state index in [2.05, 4.69) is 31.2 Å². The number of rotatable bonds is 4. The van der Waals surface area contributed by atoms with Crippen LogP contribution in [0.15, 0.2) is 6.20 Å². The van der Waals surface area contributed by atoms with Crippen molar-refractivity contribution in [2.45, 2.75) is 58.5 Å². The lowest BCUT2D eigenvalue weighted by molar-refractivity contribution is 0.0525. The highest BCUT2D eigenvalue weighted by Crippen LogP contribution is 2.28. The molecule has 0 spiro atoms. The van der Waals surface area contributed by atoms with Crippen LogP contribution in [0.1, 0.15) is 58.7 Å². The zero-order chi connectivity index (χ0) is 17.1. The maximum atomic E-state index is 11.8. The SMILES string of the molecule is Cn1cc(C(CN)CNC(=O)OC(C)(C)C)c(C(C)(C)C)n1. The Balaban J connectivity index is 2.83. The second-order valence-electron chi connectivity index (χ2n) is 7.67. The van der Waals surface area contributed by atoms with Crippen molar-refractivity contribution in [3.05, 3.63) is 17.5 Å². The third-order valence-corrected chi connectivity index (χ3v) is 3.18. The number of hydrogen-bond acceptors (Lipinski definition) is 4. The fourth-order valence-electron chi connectivity index (χ4n) is 2.23. The summed E-state index contributed by atoms with van der Waals surface area (Å²) in [5, 5.41) is 7.35. The van der Waals surface area contributed by atoms with Gasteiger partial charge >= 0.3 is 6.09 Å². The maximum absolute atomic E-state index is 11.8. The molecule has 1 amide bonds. The number of nitrogens with one attached hydrogen (secondary N) is 1. The van der Waals surface area contributed by atoms with Gasteiger partial charge in [-0.25, -0.2) is 4.79 Å². The van der Waals surface area contributed by atoms with Crippen molar-refractivity contribution in [1.29, 1.82) is 0 Å². The fourth-order valence-corrected chi connectivity index (χ4v) is 2.23. The first-order valence-electron chi connectivity index (χ1n) is 7.65. The number of carbonyl (C=O) groups excluding carboxylic acids is 1. The summed E-state index contributed by atoms with van der Waals surface area (Å²) in [4.78, 5) is 11.8. The average molecular weight is 310 g/mol. The Kier molecular flexibility index (Phi) is 5.62. The van der Waals surface area contributed by atoms with Crippen molar-refractivity contribution in [3.63, 3.8) is 0 Å². The molecule has 6 nitrogen and oxygen atoms in total.